The highest BCUT2D eigenvalue weighted by atomic mass is 16.5. The normalized spacial score (nSPS) is 19.3. The Balaban J connectivity index is 1.59. The SMILES string of the molecule is Cc1cc(CCNC(=O)N2CC(C)(C)C2c2cccnc2)on1. The fourth-order valence-electron chi connectivity index (χ4n) is 3.21. The monoisotopic (exact) mass is 314 g/mol. The van der Waals surface area contributed by atoms with E-state index in [4.69, 9.17) is 4.52 Å². The summed E-state index contributed by atoms with van der Waals surface area (Å²) < 4.78 is 5.15. The molecule has 0 aliphatic carbocycles. The maximum Gasteiger partial charge on any atom is 0.317 e. The number of aryl methyl sites for hydroxylation is 1. The maximum atomic E-state index is 12.4. The molecule has 1 unspecified atom stereocenters. The minimum atomic E-state index is -0.0468. The van der Waals surface area contributed by atoms with E-state index >= 15 is 0 Å². The first-order valence-electron chi connectivity index (χ1n) is 7.84. The van der Waals surface area contributed by atoms with E-state index in [0.29, 0.717) is 13.0 Å². The van der Waals surface area contributed by atoms with Crippen molar-refractivity contribution in [2.75, 3.05) is 13.1 Å². The second kappa shape index (κ2) is 6.02. The summed E-state index contributed by atoms with van der Waals surface area (Å²) in [7, 11) is 0. The maximum absolute atomic E-state index is 12.4. The van der Waals surface area contributed by atoms with Gasteiger partial charge in [0.05, 0.1) is 11.7 Å². The summed E-state index contributed by atoms with van der Waals surface area (Å²) in [6, 6.07) is 5.83. The number of hydrogen-bond donors (Lipinski definition) is 1. The number of nitrogens with one attached hydrogen (secondary N) is 1. The van der Waals surface area contributed by atoms with Gasteiger partial charge in [-0.3, -0.25) is 4.98 Å². The highest BCUT2D eigenvalue weighted by Crippen LogP contribution is 2.47. The van der Waals surface area contributed by atoms with Crippen molar-refractivity contribution in [3.63, 3.8) is 0 Å². The molecule has 0 aromatic carbocycles. The van der Waals surface area contributed by atoms with Gasteiger partial charge in [0.15, 0.2) is 0 Å². The molecular weight excluding hydrogens is 292 g/mol. The summed E-state index contributed by atoms with van der Waals surface area (Å²) in [4.78, 5) is 18.5. The molecule has 1 aliphatic rings. The Labute approximate surface area is 135 Å². The zero-order chi connectivity index (χ0) is 16.4. The molecule has 23 heavy (non-hydrogen) atoms. The van der Waals surface area contributed by atoms with Crippen molar-refractivity contribution < 1.29 is 9.32 Å². The lowest BCUT2D eigenvalue weighted by atomic mass is 9.72. The van der Waals surface area contributed by atoms with Crippen LogP contribution in [0.1, 0.15) is 36.9 Å². The van der Waals surface area contributed by atoms with Crippen LogP contribution in [0.3, 0.4) is 0 Å². The molecule has 1 atom stereocenters. The zero-order valence-electron chi connectivity index (χ0n) is 13.7. The first-order chi connectivity index (χ1) is 11.0. The third kappa shape index (κ3) is 3.21. The van der Waals surface area contributed by atoms with Crippen LogP contribution in [0.5, 0.6) is 0 Å². The van der Waals surface area contributed by atoms with Crippen molar-refractivity contribution in [2.45, 2.75) is 33.2 Å². The molecule has 1 aliphatic heterocycles. The lowest BCUT2D eigenvalue weighted by Gasteiger charge is -2.54. The van der Waals surface area contributed by atoms with Gasteiger partial charge in [-0.15, -0.1) is 0 Å². The average molecular weight is 314 g/mol. The molecular formula is C17H22N4O2. The quantitative estimate of drug-likeness (QED) is 0.942. The predicted octanol–water partition coefficient (Wildman–Crippen LogP) is 2.71. The molecule has 122 valence electrons. The summed E-state index contributed by atoms with van der Waals surface area (Å²) in [5.41, 5.74) is 1.99. The third-order valence-corrected chi connectivity index (χ3v) is 4.22. The number of urea groups is 1. The summed E-state index contributed by atoms with van der Waals surface area (Å²) in [6.07, 6.45) is 4.23. The Kier molecular flexibility index (Phi) is 4.07. The van der Waals surface area contributed by atoms with Crippen LogP contribution in [0.4, 0.5) is 4.79 Å². The van der Waals surface area contributed by atoms with E-state index in [9.17, 15) is 4.79 Å². The Morgan fingerprint density at radius 3 is 2.96 bits per heavy atom. The number of hydrogen-bond acceptors (Lipinski definition) is 4. The summed E-state index contributed by atoms with van der Waals surface area (Å²) in [5, 5.41) is 6.80. The lowest BCUT2D eigenvalue weighted by molar-refractivity contribution is -0.0165. The van der Waals surface area contributed by atoms with Crippen LogP contribution in [-0.4, -0.2) is 34.2 Å². The first kappa shape index (κ1) is 15.5. The fourth-order valence-corrected chi connectivity index (χ4v) is 3.21. The van der Waals surface area contributed by atoms with Crippen LogP contribution in [0.25, 0.3) is 0 Å². The summed E-state index contributed by atoms with van der Waals surface area (Å²) >= 11 is 0. The second-order valence-corrected chi connectivity index (χ2v) is 6.72. The minimum Gasteiger partial charge on any atom is -0.361 e. The van der Waals surface area contributed by atoms with E-state index in [2.05, 4.69) is 29.3 Å². The van der Waals surface area contributed by atoms with E-state index in [1.54, 1.807) is 6.20 Å². The van der Waals surface area contributed by atoms with Crippen LogP contribution in [0.2, 0.25) is 0 Å². The minimum absolute atomic E-state index is 0.0468. The molecule has 2 amide bonds. The summed E-state index contributed by atoms with van der Waals surface area (Å²) in [6.45, 7) is 7.49. The Morgan fingerprint density at radius 1 is 1.52 bits per heavy atom. The standard InChI is InChI=1S/C17H22N4O2/c1-12-9-14(23-20-12)6-8-19-16(22)21-11-17(2,3)15(21)13-5-4-7-18-10-13/h4-5,7,9-10,15H,6,8,11H2,1-3H3,(H,19,22). The lowest BCUT2D eigenvalue weighted by Crippen LogP contribution is -2.60. The van der Waals surface area contributed by atoms with Crippen LogP contribution < -0.4 is 5.32 Å². The number of pyridine rings is 1. The van der Waals surface area contributed by atoms with Gasteiger partial charge >= 0.3 is 6.03 Å². The van der Waals surface area contributed by atoms with Gasteiger partial charge in [0.1, 0.15) is 5.76 Å². The topological polar surface area (TPSA) is 71.3 Å². The van der Waals surface area contributed by atoms with Crippen LogP contribution in [0, 0.1) is 12.3 Å². The molecule has 2 aromatic rings. The second-order valence-electron chi connectivity index (χ2n) is 6.72. The van der Waals surface area contributed by atoms with Crippen molar-refractivity contribution in [3.8, 4) is 0 Å². The van der Waals surface area contributed by atoms with Gasteiger partial charge in [-0.1, -0.05) is 25.1 Å². The number of aromatic nitrogens is 2. The van der Waals surface area contributed by atoms with Gasteiger partial charge < -0.3 is 14.7 Å². The van der Waals surface area contributed by atoms with Gasteiger partial charge in [-0.25, -0.2) is 4.79 Å². The highest BCUT2D eigenvalue weighted by Gasteiger charge is 2.48. The van der Waals surface area contributed by atoms with E-state index in [1.165, 1.54) is 0 Å². The molecule has 0 radical (unpaired) electrons. The Bertz CT molecular complexity index is 681. The highest BCUT2D eigenvalue weighted by molar-refractivity contribution is 5.76. The molecule has 3 rings (SSSR count). The van der Waals surface area contributed by atoms with E-state index in [1.807, 2.05) is 36.2 Å². The first-order valence-corrected chi connectivity index (χ1v) is 7.84. The molecule has 1 N–H and O–H groups in total. The van der Waals surface area contributed by atoms with Gasteiger partial charge in [-0.2, -0.15) is 0 Å². The van der Waals surface area contributed by atoms with Crippen molar-refractivity contribution in [1.82, 2.24) is 20.4 Å². The molecule has 3 heterocycles. The molecule has 6 nitrogen and oxygen atoms in total. The van der Waals surface area contributed by atoms with Crippen molar-refractivity contribution in [2.24, 2.45) is 5.41 Å². The predicted molar refractivity (Wildman–Crippen MR) is 85.8 cm³/mol. The van der Waals surface area contributed by atoms with E-state index < -0.39 is 0 Å². The number of likely N-dealkylation sites (tertiary alicyclic amines) is 1. The van der Waals surface area contributed by atoms with Crippen molar-refractivity contribution >= 4 is 6.03 Å². The smallest absolute Gasteiger partial charge is 0.317 e. The number of carbonyl (C=O) groups excluding carboxylic acids is 1. The van der Waals surface area contributed by atoms with E-state index in [-0.39, 0.29) is 17.5 Å². The molecule has 6 heteroatoms. The summed E-state index contributed by atoms with van der Waals surface area (Å²) in [5.74, 6) is 0.788. The zero-order valence-corrected chi connectivity index (χ0v) is 13.7. The molecule has 1 saturated heterocycles. The largest absolute Gasteiger partial charge is 0.361 e. The molecule has 1 fully saturated rings. The molecule has 0 spiro atoms. The molecule has 0 saturated carbocycles. The van der Waals surface area contributed by atoms with Gasteiger partial charge in [0, 0.05) is 43.4 Å². The van der Waals surface area contributed by atoms with Gasteiger partial charge in [0.2, 0.25) is 0 Å². The van der Waals surface area contributed by atoms with Crippen molar-refractivity contribution in [3.05, 3.63) is 47.6 Å². The van der Waals surface area contributed by atoms with E-state index in [0.717, 1.165) is 23.6 Å². The third-order valence-electron chi connectivity index (χ3n) is 4.22. The number of amides is 2. The van der Waals surface area contributed by atoms with Crippen LogP contribution in [-0.2, 0) is 6.42 Å². The average Bonchev–Trinajstić information content (AvgIpc) is 2.91. The fraction of sp³-hybridized carbons (Fsp3) is 0.471. The van der Waals surface area contributed by atoms with Gasteiger partial charge in [0.25, 0.3) is 0 Å². The Morgan fingerprint density at radius 2 is 2.35 bits per heavy atom. The number of carbonyl (C=O) groups is 1. The molecule has 2 aromatic heterocycles. The van der Waals surface area contributed by atoms with Crippen LogP contribution in [0.15, 0.2) is 35.1 Å². The molecule has 0 bridgehead atoms. The van der Waals surface area contributed by atoms with Crippen LogP contribution >= 0.6 is 0 Å². The van der Waals surface area contributed by atoms with Gasteiger partial charge in [-0.05, 0) is 18.6 Å². The number of rotatable bonds is 4. The Hall–Kier alpha value is -2.37. The number of nitrogens with zero attached hydrogens (tertiary/aromatic N) is 3. The van der Waals surface area contributed by atoms with Crippen molar-refractivity contribution in [1.29, 1.82) is 0 Å².